The van der Waals surface area contributed by atoms with Gasteiger partial charge in [0.15, 0.2) is 0 Å². The maximum absolute atomic E-state index is 8.48. The second kappa shape index (κ2) is 5.03. The van der Waals surface area contributed by atoms with E-state index in [2.05, 4.69) is 0 Å². The molecule has 0 saturated carbocycles. The van der Waals surface area contributed by atoms with E-state index in [1.807, 2.05) is 0 Å². The number of methoxy groups -OCH3 is 1. The second-order valence-electron chi connectivity index (χ2n) is 1.62. The van der Waals surface area contributed by atoms with Crippen molar-refractivity contribution in [2.24, 2.45) is 5.73 Å². The lowest BCUT2D eigenvalue weighted by Crippen LogP contribution is -2.19. The molecule has 0 aliphatic carbocycles. The van der Waals surface area contributed by atoms with E-state index in [0.29, 0.717) is 6.54 Å². The molecular formula is C5H13NO2. The van der Waals surface area contributed by atoms with Crippen molar-refractivity contribution in [3.05, 3.63) is 0 Å². The summed E-state index contributed by atoms with van der Waals surface area (Å²) in [6, 6.07) is 0. The molecule has 3 nitrogen and oxygen atoms in total. The summed E-state index contributed by atoms with van der Waals surface area (Å²) in [7, 11) is 1.57. The van der Waals surface area contributed by atoms with Crippen LogP contribution in [0.15, 0.2) is 0 Å². The molecule has 50 valence electrons. The van der Waals surface area contributed by atoms with E-state index in [9.17, 15) is 0 Å². The van der Waals surface area contributed by atoms with Gasteiger partial charge in [-0.05, 0) is 13.0 Å². The summed E-state index contributed by atoms with van der Waals surface area (Å²) < 4.78 is 4.81. The van der Waals surface area contributed by atoms with E-state index >= 15 is 0 Å². The summed E-state index contributed by atoms with van der Waals surface area (Å²) in [5.74, 6) is 0. The largest absolute Gasteiger partial charge is 0.394 e. The predicted octanol–water partition coefficient (Wildman–Crippen LogP) is -0.657. The van der Waals surface area contributed by atoms with Gasteiger partial charge in [-0.3, -0.25) is 0 Å². The molecule has 0 aromatic carbocycles. The standard InChI is InChI=1S/C5H13NO2/c1-8-5(4-7)2-3-6/h5,7H,2-4,6H2,1H3. The molecule has 0 radical (unpaired) electrons. The van der Waals surface area contributed by atoms with Gasteiger partial charge in [0.05, 0.1) is 12.7 Å². The fourth-order valence-electron chi connectivity index (χ4n) is 0.470. The third kappa shape index (κ3) is 2.96. The van der Waals surface area contributed by atoms with Gasteiger partial charge in [0.25, 0.3) is 0 Å². The molecule has 8 heavy (non-hydrogen) atoms. The molecule has 0 aromatic heterocycles. The summed E-state index contributed by atoms with van der Waals surface area (Å²) in [5.41, 5.74) is 5.19. The van der Waals surface area contributed by atoms with Gasteiger partial charge < -0.3 is 15.6 Å². The smallest absolute Gasteiger partial charge is 0.0814 e. The highest BCUT2D eigenvalue weighted by Gasteiger charge is 2.00. The van der Waals surface area contributed by atoms with Gasteiger partial charge in [-0.15, -0.1) is 0 Å². The Kier molecular flexibility index (Phi) is 4.95. The Bertz CT molecular complexity index is 45.7. The number of rotatable bonds is 4. The van der Waals surface area contributed by atoms with Crippen molar-refractivity contribution in [3.8, 4) is 0 Å². The first-order chi connectivity index (χ1) is 3.85. The van der Waals surface area contributed by atoms with Crippen molar-refractivity contribution in [1.29, 1.82) is 0 Å². The first-order valence-corrected chi connectivity index (χ1v) is 2.68. The summed E-state index contributed by atoms with van der Waals surface area (Å²) in [5, 5.41) is 8.48. The predicted molar refractivity (Wildman–Crippen MR) is 31.6 cm³/mol. The summed E-state index contributed by atoms with van der Waals surface area (Å²) in [6.07, 6.45) is 0.660. The van der Waals surface area contributed by atoms with Gasteiger partial charge in [-0.25, -0.2) is 0 Å². The third-order valence-electron chi connectivity index (χ3n) is 1.03. The highest BCUT2D eigenvalue weighted by atomic mass is 16.5. The SMILES string of the molecule is COC(CO)CCN. The Morgan fingerprint density at radius 2 is 2.38 bits per heavy atom. The molecule has 0 fully saturated rings. The van der Waals surface area contributed by atoms with Crippen molar-refractivity contribution in [2.75, 3.05) is 20.3 Å². The Labute approximate surface area is 49.4 Å². The quantitative estimate of drug-likeness (QED) is 0.516. The van der Waals surface area contributed by atoms with Crippen LogP contribution in [0.25, 0.3) is 0 Å². The summed E-state index contributed by atoms with van der Waals surface area (Å²) in [4.78, 5) is 0. The Morgan fingerprint density at radius 1 is 1.75 bits per heavy atom. The molecule has 0 spiro atoms. The van der Waals surface area contributed by atoms with Crippen LogP contribution in [0.1, 0.15) is 6.42 Å². The van der Waals surface area contributed by atoms with Crippen LogP contribution in [-0.2, 0) is 4.74 Å². The number of hydrogen-bond donors (Lipinski definition) is 2. The van der Waals surface area contributed by atoms with Crippen LogP contribution in [-0.4, -0.2) is 31.5 Å². The zero-order valence-corrected chi connectivity index (χ0v) is 5.13. The lowest BCUT2D eigenvalue weighted by Gasteiger charge is -2.08. The van der Waals surface area contributed by atoms with E-state index in [-0.39, 0.29) is 12.7 Å². The minimum atomic E-state index is -0.0694. The highest BCUT2D eigenvalue weighted by Crippen LogP contribution is 1.91. The molecular weight excluding hydrogens is 106 g/mol. The van der Waals surface area contributed by atoms with E-state index in [0.717, 1.165) is 6.42 Å². The van der Waals surface area contributed by atoms with Gasteiger partial charge in [-0.1, -0.05) is 0 Å². The molecule has 0 rings (SSSR count). The number of aliphatic hydroxyl groups is 1. The minimum absolute atomic E-state index is 0.0632. The Hall–Kier alpha value is -0.120. The number of nitrogens with two attached hydrogens (primary N) is 1. The molecule has 0 heterocycles. The second-order valence-corrected chi connectivity index (χ2v) is 1.62. The van der Waals surface area contributed by atoms with E-state index in [4.69, 9.17) is 15.6 Å². The molecule has 0 saturated heterocycles. The highest BCUT2D eigenvalue weighted by molar-refractivity contribution is 4.53. The van der Waals surface area contributed by atoms with E-state index in [1.54, 1.807) is 7.11 Å². The van der Waals surface area contributed by atoms with Crippen LogP contribution in [0, 0.1) is 0 Å². The van der Waals surface area contributed by atoms with Crippen LogP contribution in [0.3, 0.4) is 0 Å². The van der Waals surface area contributed by atoms with E-state index in [1.165, 1.54) is 0 Å². The van der Waals surface area contributed by atoms with Gasteiger partial charge in [-0.2, -0.15) is 0 Å². The molecule has 0 aliphatic rings. The van der Waals surface area contributed by atoms with E-state index < -0.39 is 0 Å². The number of aliphatic hydroxyl groups excluding tert-OH is 1. The van der Waals surface area contributed by atoms with Gasteiger partial charge in [0.2, 0.25) is 0 Å². The van der Waals surface area contributed by atoms with Crippen molar-refractivity contribution in [1.82, 2.24) is 0 Å². The average Bonchev–Trinajstić information content (AvgIpc) is 1.83. The molecule has 0 aliphatic heterocycles. The van der Waals surface area contributed by atoms with Crippen molar-refractivity contribution < 1.29 is 9.84 Å². The Morgan fingerprint density at radius 3 is 2.50 bits per heavy atom. The van der Waals surface area contributed by atoms with Crippen molar-refractivity contribution in [2.45, 2.75) is 12.5 Å². The van der Waals surface area contributed by atoms with Crippen molar-refractivity contribution in [3.63, 3.8) is 0 Å². The number of hydrogen-bond acceptors (Lipinski definition) is 3. The maximum atomic E-state index is 8.48. The normalized spacial score (nSPS) is 13.9. The van der Waals surface area contributed by atoms with Crippen molar-refractivity contribution >= 4 is 0 Å². The first kappa shape index (κ1) is 7.88. The average molecular weight is 119 g/mol. The zero-order chi connectivity index (χ0) is 6.41. The topological polar surface area (TPSA) is 55.5 Å². The molecule has 3 N–H and O–H groups in total. The van der Waals surface area contributed by atoms with Gasteiger partial charge in [0, 0.05) is 7.11 Å². The lowest BCUT2D eigenvalue weighted by molar-refractivity contribution is 0.0450. The van der Waals surface area contributed by atoms with Crippen LogP contribution >= 0.6 is 0 Å². The van der Waals surface area contributed by atoms with Gasteiger partial charge >= 0.3 is 0 Å². The fourth-order valence-corrected chi connectivity index (χ4v) is 0.470. The monoisotopic (exact) mass is 119 g/mol. The molecule has 0 aromatic rings. The maximum Gasteiger partial charge on any atom is 0.0814 e. The van der Waals surface area contributed by atoms with Crippen LogP contribution in [0.2, 0.25) is 0 Å². The molecule has 0 bridgehead atoms. The number of ether oxygens (including phenoxy) is 1. The third-order valence-corrected chi connectivity index (χ3v) is 1.03. The molecule has 0 amide bonds. The summed E-state index contributed by atoms with van der Waals surface area (Å²) >= 11 is 0. The minimum Gasteiger partial charge on any atom is -0.394 e. The zero-order valence-electron chi connectivity index (χ0n) is 5.13. The van der Waals surface area contributed by atoms with Crippen LogP contribution in [0.4, 0.5) is 0 Å². The van der Waals surface area contributed by atoms with Crippen LogP contribution in [0.5, 0.6) is 0 Å². The lowest BCUT2D eigenvalue weighted by atomic mass is 10.3. The Balaban J connectivity index is 3.07. The fraction of sp³-hybridized carbons (Fsp3) is 1.00. The molecule has 1 atom stereocenters. The summed E-state index contributed by atoms with van der Waals surface area (Å²) in [6.45, 7) is 0.632. The first-order valence-electron chi connectivity index (χ1n) is 2.68. The molecule has 3 heteroatoms. The molecule has 1 unspecified atom stereocenters. The van der Waals surface area contributed by atoms with Gasteiger partial charge in [0.1, 0.15) is 0 Å². The van der Waals surface area contributed by atoms with Crippen LogP contribution < -0.4 is 5.73 Å².